The van der Waals surface area contributed by atoms with Crippen LogP contribution in [0.2, 0.25) is 0 Å². The number of carbonyl (C=O) groups excluding carboxylic acids is 1. The second kappa shape index (κ2) is 7.42. The lowest BCUT2D eigenvalue weighted by Gasteiger charge is -2.36. The van der Waals surface area contributed by atoms with Gasteiger partial charge in [0.1, 0.15) is 6.10 Å². The van der Waals surface area contributed by atoms with Gasteiger partial charge in [0.2, 0.25) is 5.91 Å². The third-order valence-corrected chi connectivity index (χ3v) is 4.82. The van der Waals surface area contributed by atoms with Gasteiger partial charge in [-0.3, -0.25) is 14.4 Å². The highest BCUT2D eigenvalue weighted by atomic mass is 16.5. The average molecular weight is 322 g/mol. The van der Waals surface area contributed by atoms with Gasteiger partial charge in [0, 0.05) is 59.1 Å². The van der Waals surface area contributed by atoms with E-state index in [2.05, 4.69) is 10.00 Å². The van der Waals surface area contributed by atoms with Crippen LogP contribution in [0.3, 0.4) is 0 Å². The molecule has 0 saturated carbocycles. The van der Waals surface area contributed by atoms with E-state index in [0.717, 1.165) is 38.4 Å². The number of amides is 1. The van der Waals surface area contributed by atoms with E-state index in [1.807, 2.05) is 28.9 Å². The molecule has 23 heavy (non-hydrogen) atoms. The van der Waals surface area contributed by atoms with Gasteiger partial charge >= 0.3 is 0 Å². The first-order valence-corrected chi connectivity index (χ1v) is 8.27. The maximum absolute atomic E-state index is 12.2. The molecule has 0 unspecified atom stereocenters. The van der Waals surface area contributed by atoms with Crippen LogP contribution in [-0.4, -0.2) is 78.5 Å². The molecule has 7 heteroatoms. The number of rotatable bonds is 6. The van der Waals surface area contributed by atoms with Crippen LogP contribution in [0.5, 0.6) is 0 Å². The number of methoxy groups -OCH3 is 1. The molecule has 0 spiro atoms. The van der Waals surface area contributed by atoms with E-state index < -0.39 is 0 Å². The smallest absolute Gasteiger partial charge is 0.236 e. The molecule has 0 bridgehead atoms. The van der Waals surface area contributed by atoms with Gasteiger partial charge in [-0.15, -0.1) is 0 Å². The predicted octanol–water partition coefficient (Wildman–Crippen LogP) is 0.288. The van der Waals surface area contributed by atoms with Gasteiger partial charge in [-0.05, 0) is 12.5 Å². The van der Waals surface area contributed by atoms with Crippen LogP contribution in [0, 0.1) is 5.92 Å². The van der Waals surface area contributed by atoms with Gasteiger partial charge in [0.15, 0.2) is 0 Å². The van der Waals surface area contributed by atoms with Gasteiger partial charge in [0.25, 0.3) is 0 Å². The Labute approximate surface area is 137 Å². The SMILES string of the molecule is COCCN1CCN(C[C@@H]2CCO[C@H]2c2ccnn2C)CC1=O. The maximum atomic E-state index is 12.2. The van der Waals surface area contributed by atoms with Crippen molar-refractivity contribution in [3.05, 3.63) is 18.0 Å². The van der Waals surface area contributed by atoms with Crippen LogP contribution < -0.4 is 0 Å². The standard InChI is InChI=1S/C16H26N4O3/c1-18-14(3-5-17-18)16-13(4-9-23-16)11-19-6-7-20(8-10-22-2)15(21)12-19/h3,5,13,16H,4,6-12H2,1-2H3/t13-,16+/m0/s1. The van der Waals surface area contributed by atoms with Gasteiger partial charge in [0.05, 0.1) is 18.8 Å². The number of hydrogen-bond donors (Lipinski definition) is 0. The zero-order chi connectivity index (χ0) is 16.2. The molecule has 1 aromatic rings. The summed E-state index contributed by atoms with van der Waals surface area (Å²) in [5.74, 6) is 0.619. The van der Waals surface area contributed by atoms with Crippen LogP contribution in [0.15, 0.2) is 12.3 Å². The van der Waals surface area contributed by atoms with Crippen LogP contribution in [0.25, 0.3) is 0 Å². The van der Waals surface area contributed by atoms with Crippen LogP contribution in [0.4, 0.5) is 0 Å². The Morgan fingerprint density at radius 3 is 3.00 bits per heavy atom. The minimum absolute atomic E-state index is 0.0872. The lowest BCUT2D eigenvalue weighted by Crippen LogP contribution is -2.52. The number of hydrogen-bond acceptors (Lipinski definition) is 5. The fourth-order valence-corrected chi connectivity index (χ4v) is 3.49. The first kappa shape index (κ1) is 16.4. The molecule has 1 amide bonds. The Morgan fingerprint density at radius 2 is 2.30 bits per heavy atom. The summed E-state index contributed by atoms with van der Waals surface area (Å²) >= 11 is 0. The van der Waals surface area contributed by atoms with Crippen molar-refractivity contribution in [2.75, 3.05) is 53.0 Å². The lowest BCUT2D eigenvalue weighted by atomic mass is 9.98. The second-order valence-electron chi connectivity index (χ2n) is 6.33. The summed E-state index contributed by atoms with van der Waals surface area (Å²) in [5.41, 5.74) is 1.12. The highest BCUT2D eigenvalue weighted by molar-refractivity contribution is 5.79. The van der Waals surface area contributed by atoms with E-state index >= 15 is 0 Å². The van der Waals surface area contributed by atoms with Crippen molar-refractivity contribution in [2.24, 2.45) is 13.0 Å². The molecule has 2 aliphatic heterocycles. The molecule has 0 aliphatic carbocycles. The number of ether oxygens (including phenoxy) is 2. The molecule has 0 N–H and O–H groups in total. The molecule has 3 rings (SSSR count). The number of nitrogens with zero attached hydrogens (tertiary/aromatic N) is 4. The minimum Gasteiger partial charge on any atom is -0.383 e. The number of piperazine rings is 1. The van der Waals surface area contributed by atoms with E-state index in [0.29, 0.717) is 25.6 Å². The normalized spacial score (nSPS) is 26.2. The van der Waals surface area contributed by atoms with Crippen LogP contribution in [0.1, 0.15) is 18.2 Å². The average Bonchev–Trinajstić information content (AvgIpc) is 3.15. The molecule has 1 aromatic heterocycles. The third kappa shape index (κ3) is 3.73. The zero-order valence-corrected chi connectivity index (χ0v) is 14.0. The lowest BCUT2D eigenvalue weighted by molar-refractivity contribution is -0.137. The number of aromatic nitrogens is 2. The van der Waals surface area contributed by atoms with Crippen molar-refractivity contribution in [3.8, 4) is 0 Å². The number of aryl methyl sites for hydroxylation is 1. The molecule has 7 nitrogen and oxygen atoms in total. The topological polar surface area (TPSA) is 59.8 Å². The molecule has 2 aliphatic rings. The van der Waals surface area contributed by atoms with Crippen molar-refractivity contribution in [1.82, 2.24) is 19.6 Å². The summed E-state index contributed by atoms with van der Waals surface area (Å²) in [5, 5.41) is 4.24. The molecule has 3 heterocycles. The molecular formula is C16H26N4O3. The molecule has 0 aromatic carbocycles. The zero-order valence-electron chi connectivity index (χ0n) is 14.0. The first-order valence-electron chi connectivity index (χ1n) is 8.27. The molecule has 2 fully saturated rings. The van der Waals surface area contributed by atoms with Crippen molar-refractivity contribution in [1.29, 1.82) is 0 Å². The summed E-state index contributed by atoms with van der Waals surface area (Å²) in [7, 11) is 3.62. The largest absolute Gasteiger partial charge is 0.383 e. The Balaban J connectivity index is 1.55. The van der Waals surface area contributed by atoms with Gasteiger partial charge in [-0.2, -0.15) is 5.10 Å². The van der Waals surface area contributed by atoms with Crippen LogP contribution in [-0.2, 0) is 21.3 Å². The Bertz CT molecular complexity index is 533. The van der Waals surface area contributed by atoms with E-state index in [9.17, 15) is 4.79 Å². The monoisotopic (exact) mass is 322 g/mol. The highest BCUT2D eigenvalue weighted by Crippen LogP contribution is 2.34. The van der Waals surface area contributed by atoms with Gasteiger partial charge in [-0.25, -0.2) is 0 Å². The Hall–Kier alpha value is -1.44. The Morgan fingerprint density at radius 1 is 1.43 bits per heavy atom. The molecule has 2 saturated heterocycles. The highest BCUT2D eigenvalue weighted by Gasteiger charge is 2.34. The minimum atomic E-state index is 0.0872. The summed E-state index contributed by atoms with van der Waals surface area (Å²) < 4.78 is 12.9. The van der Waals surface area contributed by atoms with E-state index in [1.54, 1.807) is 7.11 Å². The fraction of sp³-hybridized carbons (Fsp3) is 0.750. The summed E-state index contributed by atoms with van der Waals surface area (Å²) in [6.45, 7) is 5.18. The summed E-state index contributed by atoms with van der Waals surface area (Å²) in [6, 6.07) is 2.02. The van der Waals surface area contributed by atoms with Gasteiger partial charge in [-0.1, -0.05) is 0 Å². The second-order valence-corrected chi connectivity index (χ2v) is 6.33. The van der Waals surface area contributed by atoms with Crippen molar-refractivity contribution >= 4 is 5.91 Å². The van der Waals surface area contributed by atoms with Gasteiger partial charge < -0.3 is 14.4 Å². The summed E-state index contributed by atoms with van der Waals surface area (Å²) in [6.07, 6.45) is 2.93. The molecule has 128 valence electrons. The molecular weight excluding hydrogens is 296 g/mol. The van der Waals surface area contributed by atoms with Crippen LogP contribution >= 0.6 is 0 Å². The quantitative estimate of drug-likeness (QED) is 0.753. The summed E-state index contributed by atoms with van der Waals surface area (Å²) in [4.78, 5) is 16.4. The van der Waals surface area contributed by atoms with Crippen molar-refractivity contribution in [3.63, 3.8) is 0 Å². The fourth-order valence-electron chi connectivity index (χ4n) is 3.49. The maximum Gasteiger partial charge on any atom is 0.236 e. The van der Waals surface area contributed by atoms with E-state index in [1.165, 1.54) is 0 Å². The van der Waals surface area contributed by atoms with Crippen molar-refractivity contribution in [2.45, 2.75) is 12.5 Å². The van der Waals surface area contributed by atoms with E-state index in [4.69, 9.17) is 9.47 Å². The van der Waals surface area contributed by atoms with E-state index in [-0.39, 0.29) is 12.0 Å². The predicted molar refractivity (Wildman–Crippen MR) is 84.9 cm³/mol. The van der Waals surface area contributed by atoms with Crippen molar-refractivity contribution < 1.29 is 14.3 Å². The Kier molecular flexibility index (Phi) is 5.30. The number of carbonyl (C=O) groups is 1. The molecule has 0 radical (unpaired) electrons. The first-order chi connectivity index (χ1) is 11.2. The molecule has 2 atom stereocenters. The third-order valence-electron chi connectivity index (χ3n) is 4.82.